The first-order chi connectivity index (χ1) is 11.6. The number of methoxy groups -OCH3 is 1. The summed E-state index contributed by atoms with van der Waals surface area (Å²) in [7, 11) is 1.30. The van der Waals surface area contributed by atoms with Crippen molar-refractivity contribution < 1.29 is 14.3 Å². The van der Waals surface area contributed by atoms with E-state index in [1.165, 1.54) is 20.0 Å². The van der Waals surface area contributed by atoms with E-state index in [1.54, 1.807) is 6.20 Å². The van der Waals surface area contributed by atoms with Crippen LogP contribution in [0, 0.1) is 0 Å². The third kappa shape index (κ3) is 3.44. The molecule has 0 bridgehead atoms. The molecular formula is C17H24N4O3. The summed E-state index contributed by atoms with van der Waals surface area (Å²) in [6.45, 7) is 2.11. The summed E-state index contributed by atoms with van der Waals surface area (Å²) in [6.07, 6.45) is 6.65. The predicted octanol–water partition coefficient (Wildman–Crippen LogP) is 2.29. The Morgan fingerprint density at radius 3 is 2.46 bits per heavy atom. The maximum Gasteiger partial charge on any atom is 0.407 e. The van der Waals surface area contributed by atoms with Crippen molar-refractivity contribution in [2.45, 2.75) is 44.1 Å². The van der Waals surface area contributed by atoms with Crippen LogP contribution in [-0.2, 0) is 9.53 Å². The van der Waals surface area contributed by atoms with Gasteiger partial charge in [0.2, 0.25) is 0 Å². The first-order valence-corrected chi connectivity index (χ1v) is 8.51. The molecule has 1 aliphatic heterocycles. The molecule has 2 fully saturated rings. The van der Waals surface area contributed by atoms with Gasteiger partial charge >= 0.3 is 6.09 Å². The minimum absolute atomic E-state index is 0.230. The number of amides is 2. The molecular weight excluding hydrogens is 308 g/mol. The molecule has 0 spiro atoms. The fourth-order valence-corrected chi connectivity index (χ4v) is 3.49. The number of pyridine rings is 1. The number of anilines is 2. The van der Waals surface area contributed by atoms with E-state index in [0.717, 1.165) is 31.6 Å². The monoisotopic (exact) mass is 332 g/mol. The van der Waals surface area contributed by atoms with E-state index < -0.39 is 11.6 Å². The molecule has 1 aromatic heterocycles. The molecule has 3 rings (SSSR count). The predicted molar refractivity (Wildman–Crippen MR) is 91.1 cm³/mol. The second kappa shape index (κ2) is 7.07. The number of alkyl carbamates (subject to hydrolysis) is 1. The molecule has 1 aromatic rings. The number of carbonyl (C=O) groups is 2. The van der Waals surface area contributed by atoms with Gasteiger partial charge in [0.1, 0.15) is 11.4 Å². The molecule has 1 saturated heterocycles. The highest BCUT2D eigenvalue weighted by molar-refractivity contribution is 5.99. The van der Waals surface area contributed by atoms with Gasteiger partial charge in [-0.2, -0.15) is 0 Å². The van der Waals surface area contributed by atoms with Crippen LogP contribution < -0.4 is 15.5 Å². The first-order valence-electron chi connectivity index (χ1n) is 8.51. The van der Waals surface area contributed by atoms with Crippen molar-refractivity contribution in [3.05, 3.63) is 18.3 Å². The van der Waals surface area contributed by atoms with Crippen molar-refractivity contribution in [2.24, 2.45) is 0 Å². The van der Waals surface area contributed by atoms with E-state index in [1.807, 2.05) is 12.1 Å². The molecule has 7 heteroatoms. The number of aromatic nitrogens is 1. The lowest BCUT2D eigenvalue weighted by atomic mass is 9.96. The van der Waals surface area contributed by atoms with Crippen molar-refractivity contribution in [3.8, 4) is 0 Å². The van der Waals surface area contributed by atoms with Crippen molar-refractivity contribution in [1.82, 2.24) is 10.3 Å². The Morgan fingerprint density at radius 2 is 1.88 bits per heavy atom. The summed E-state index contributed by atoms with van der Waals surface area (Å²) in [5.74, 6) is 0.271. The summed E-state index contributed by atoms with van der Waals surface area (Å²) in [4.78, 5) is 30.9. The highest BCUT2D eigenvalue weighted by atomic mass is 16.5. The Kier molecular flexibility index (Phi) is 4.87. The Hall–Kier alpha value is -2.31. The number of hydrogen-bond acceptors (Lipinski definition) is 5. The molecule has 1 saturated carbocycles. The molecule has 130 valence electrons. The van der Waals surface area contributed by atoms with Gasteiger partial charge in [0.15, 0.2) is 0 Å². The number of rotatable bonds is 4. The van der Waals surface area contributed by atoms with Crippen LogP contribution in [0.15, 0.2) is 18.3 Å². The van der Waals surface area contributed by atoms with Gasteiger partial charge in [0.25, 0.3) is 5.91 Å². The summed E-state index contributed by atoms with van der Waals surface area (Å²) in [5, 5.41) is 5.54. The fourth-order valence-electron chi connectivity index (χ4n) is 3.49. The molecule has 2 heterocycles. The largest absolute Gasteiger partial charge is 0.453 e. The molecule has 1 aliphatic carbocycles. The van der Waals surface area contributed by atoms with E-state index in [-0.39, 0.29) is 5.91 Å². The lowest BCUT2D eigenvalue weighted by Gasteiger charge is -2.28. The van der Waals surface area contributed by atoms with Gasteiger partial charge in [-0.1, -0.05) is 12.8 Å². The Bertz CT molecular complexity index is 590. The van der Waals surface area contributed by atoms with E-state index in [9.17, 15) is 9.59 Å². The van der Waals surface area contributed by atoms with Crippen molar-refractivity contribution in [2.75, 3.05) is 30.4 Å². The highest BCUT2D eigenvalue weighted by Gasteiger charge is 2.43. The van der Waals surface area contributed by atoms with Crippen LogP contribution in [0.2, 0.25) is 0 Å². The van der Waals surface area contributed by atoms with Crippen LogP contribution in [0.25, 0.3) is 0 Å². The van der Waals surface area contributed by atoms with E-state index in [2.05, 4.69) is 25.3 Å². The standard InChI is InChI=1S/C17H24N4O3/c1-24-16(23)20-17(8-2-3-9-17)15(22)19-14-7-6-13(12-18-14)21-10-4-5-11-21/h6-7,12H,2-5,8-11H2,1H3,(H,20,23)(H,18,19,22). The zero-order valence-electron chi connectivity index (χ0n) is 14.0. The summed E-state index contributed by atoms with van der Waals surface area (Å²) >= 11 is 0. The molecule has 0 atom stereocenters. The Morgan fingerprint density at radius 1 is 1.17 bits per heavy atom. The zero-order valence-corrected chi connectivity index (χ0v) is 14.0. The van der Waals surface area contributed by atoms with Gasteiger partial charge in [-0.05, 0) is 37.8 Å². The third-order valence-corrected chi connectivity index (χ3v) is 4.88. The lowest BCUT2D eigenvalue weighted by Crippen LogP contribution is -2.55. The molecule has 0 unspecified atom stereocenters. The Labute approximate surface area is 141 Å². The van der Waals surface area contributed by atoms with Crippen LogP contribution in [0.3, 0.4) is 0 Å². The van der Waals surface area contributed by atoms with Gasteiger partial charge in [-0.25, -0.2) is 9.78 Å². The smallest absolute Gasteiger partial charge is 0.407 e. The molecule has 0 aromatic carbocycles. The second-order valence-corrected chi connectivity index (χ2v) is 6.46. The number of nitrogens with one attached hydrogen (secondary N) is 2. The van der Waals surface area contributed by atoms with Gasteiger partial charge in [-0.15, -0.1) is 0 Å². The number of ether oxygens (including phenoxy) is 1. The zero-order chi connectivity index (χ0) is 17.0. The van der Waals surface area contributed by atoms with Crippen LogP contribution in [-0.4, -0.2) is 42.7 Å². The number of hydrogen-bond donors (Lipinski definition) is 2. The molecule has 2 aliphatic rings. The second-order valence-electron chi connectivity index (χ2n) is 6.46. The number of carbonyl (C=O) groups excluding carboxylic acids is 2. The normalized spacial score (nSPS) is 19.1. The van der Waals surface area contributed by atoms with Crippen LogP contribution in [0.4, 0.5) is 16.3 Å². The van der Waals surface area contributed by atoms with Crippen LogP contribution in [0.5, 0.6) is 0 Å². The van der Waals surface area contributed by atoms with Crippen molar-refractivity contribution in [1.29, 1.82) is 0 Å². The van der Waals surface area contributed by atoms with Crippen LogP contribution >= 0.6 is 0 Å². The third-order valence-electron chi connectivity index (χ3n) is 4.88. The summed E-state index contributed by atoms with van der Waals surface area (Å²) < 4.78 is 4.66. The highest BCUT2D eigenvalue weighted by Crippen LogP contribution is 2.31. The van der Waals surface area contributed by atoms with E-state index in [0.29, 0.717) is 18.7 Å². The van der Waals surface area contributed by atoms with Gasteiger partial charge in [0.05, 0.1) is 19.0 Å². The molecule has 2 N–H and O–H groups in total. The van der Waals surface area contributed by atoms with Crippen LogP contribution in [0.1, 0.15) is 38.5 Å². The van der Waals surface area contributed by atoms with Gasteiger partial charge < -0.3 is 20.3 Å². The molecule has 0 radical (unpaired) electrons. The average molecular weight is 332 g/mol. The fraction of sp³-hybridized carbons (Fsp3) is 0.588. The Balaban J connectivity index is 1.67. The molecule has 7 nitrogen and oxygen atoms in total. The van der Waals surface area contributed by atoms with Gasteiger partial charge in [-0.3, -0.25) is 4.79 Å². The average Bonchev–Trinajstić information content (AvgIpc) is 3.28. The maximum absolute atomic E-state index is 12.7. The van der Waals surface area contributed by atoms with Crippen molar-refractivity contribution >= 4 is 23.5 Å². The summed E-state index contributed by atoms with van der Waals surface area (Å²) in [6, 6.07) is 3.79. The minimum Gasteiger partial charge on any atom is -0.453 e. The molecule has 24 heavy (non-hydrogen) atoms. The van der Waals surface area contributed by atoms with Crippen molar-refractivity contribution in [3.63, 3.8) is 0 Å². The van der Waals surface area contributed by atoms with E-state index >= 15 is 0 Å². The SMILES string of the molecule is COC(=O)NC1(C(=O)Nc2ccc(N3CCCC3)cn2)CCCC1. The maximum atomic E-state index is 12.7. The molecule has 2 amide bonds. The summed E-state index contributed by atoms with van der Waals surface area (Å²) in [5.41, 5.74) is 0.177. The van der Waals surface area contributed by atoms with E-state index in [4.69, 9.17) is 0 Å². The first kappa shape index (κ1) is 16.5. The lowest BCUT2D eigenvalue weighted by molar-refractivity contribution is -0.122. The number of nitrogens with zero attached hydrogens (tertiary/aromatic N) is 2. The minimum atomic E-state index is -0.900. The van der Waals surface area contributed by atoms with Gasteiger partial charge in [0, 0.05) is 13.1 Å². The quantitative estimate of drug-likeness (QED) is 0.884. The topological polar surface area (TPSA) is 83.6 Å².